The zero-order valence-electron chi connectivity index (χ0n) is 11.2. The summed E-state index contributed by atoms with van der Waals surface area (Å²) in [4.78, 5) is 18.4. The lowest BCUT2D eigenvalue weighted by Crippen LogP contribution is -2.36. The minimum Gasteiger partial charge on any atom is -0.382 e. The highest BCUT2D eigenvalue weighted by Crippen LogP contribution is 2.28. The molecule has 0 spiro atoms. The molecule has 0 radical (unpaired) electrons. The van der Waals surface area contributed by atoms with Gasteiger partial charge in [0.1, 0.15) is 10.7 Å². The molecule has 0 unspecified atom stereocenters. The van der Waals surface area contributed by atoms with E-state index in [0.29, 0.717) is 31.4 Å². The monoisotopic (exact) mass is 335 g/mol. The van der Waals surface area contributed by atoms with E-state index in [2.05, 4.69) is 10.3 Å². The minimum atomic E-state index is -3.60. The largest absolute Gasteiger partial charge is 0.382 e. The van der Waals surface area contributed by atoms with Crippen molar-refractivity contribution in [2.45, 2.75) is 0 Å². The summed E-state index contributed by atoms with van der Waals surface area (Å²) in [7, 11) is -3.60. The molecule has 1 aliphatic heterocycles. The van der Waals surface area contributed by atoms with Crippen LogP contribution >= 0.6 is 11.3 Å². The van der Waals surface area contributed by atoms with Crippen molar-refractivity contribution in [2.24, 2.45) is 5.14 Å². The van der Waals surface area contributed by atoms with E-state index in [1.54, 1.807) is 0 Å². The van der Waals surface area contributed by atoms with Crippen LogP contribution in [0.4, 0.5) is 10.9 Å². The summed E-state index contributed by atoms with van der Waals surface area (Å²) < 4.78 is 26.8. The van der Waals surface area contributed by atoms with E-state index in [4.69, 9.17) is 15.6 Å². The van der Waals surface area contributed by atoms with Crippen molar-refractivity contribution in [1.82, 2.24) is 10.3 Å². The Morgan fingerprint density at radius 2 is 2.10 bits per heavy atom. The fraction of sp³-hybridized carbons (Fsp3) is 0.600. The summed E-state index contributed by atoms with van der Waals surface area (Å²) in [5, 5.41) is 7.98. The number of anilines is 2. The van der Waals surface area contributed by atoms with Gasteiger partial charge in [-0.05, 0) is 0 Å². The predicted molar refractivity (Wildman–Crippen MR) is 79.9 cm³/mol. The first-order chi connectivity index (χ1) is 9.87. The lowest BCUT2D eigenvalue weighted by molar-refractivity contribution is 0.0961. The topological polar surface area (TPSA) is 141 Å². The fourth-order valence-corrected chi connectivity index (χ4v) is 3.10. The maximum atomic E-state index is 11.9. The number of thiazole rings is 1. The molecule has 21 heavy (non-hydrogen) atoms. The van der Waals surface area contributed by atoms with Crippen molar-refractivity contribution in [3.8, 4) is 0 Å². The second-order valence-corrected chi connectivity index (χ2v) is 7.14. The van der Waals surface area contributed by atoms with Crippen LogP contribution in [0.1, 0.15) is 9.67 Å². The second-order valence-electron chi connectivity index (χ2n) is 4.43. The number of carbonyl (C=O) groups excluding carboxylic acids is 1. The number of hydrogen-bond donors (Lipinski definition) is 3. The van der Waals surface area contributed by atoms with E-state index in [9.17, 15) is 13.2 Å². The number of aromatic nitrogens is 1. The van der Waals surface area contributed by atoms with Gasteiger partial charge in [-0.3, -0.25) is 4.79 Å². The minimum absolute atomic E-state index is 0.0676. The highest BCUT2D eigenvalue weighted by atomic mass is 32.2. The smallest absolute Gasteiger partial charge is 0.265 e. The average molecular weight is 335 g/mol. The zero-order valence-corrected chi connectivity index (χ0v) is 12.9. The van der Waals surface area contributed by atoms with Gasteiger partial charge in [0.05, 0.1) is 19.0 Å². The number of sulfonamides is 1. The van der Waals surface area contributed by atoms with E-state index in [1.165, 1.54) is 11.3 Å². The lowest BCUT2D eigenvalue weighted by atomic mass is 10.4. The standard InChI is InChI=1S/C10H17N5O4S2/c11-8-7(9(16)13-1-6-21(12,17)18)20-10(14-8)15-2-4-19-5-3-15/h1-6,11H2,(H,13,16)(H2,12,17,18). The van der Waals surface area contributed by atoms with Crippen LogP contribution in [0.25, 0.3) is 0 Å². The van der Waals surface area contributed by atoms with Crippen molar-refractivity contribution >= 4 is 38.2 Å². The van der Waals surface area contributed by atoms with Crippen LogP contribution in [-0.2, 0) is 14.8 Å². The number of ether oxygens (including phenoxy) is 1. The molecule has 9 nitrogen and oxygen atoms in total. The van der Waals surface area contributed by atoms with E-state index >= 15 is 0 Å². The third kappa shape index (κ3) is 4.52. The van der Waals surface area contributed by atoms with Gasteiger partial charge in [0.15, 0.2) is 5.13 Å². The van der Waals surface area contributed by atoms with Crippen molar-refractivity contribution in [1.29, 1.82) is 0 Å². The molecule has 1 saturated heterocycles. The quantitative estimate of drug-likeness (QED) is 0.599. The first-order valence-corrected chi connectivity index (χ1v) is 8.77. The maximum absolute atomic E-state index is 11.9. The number of rotatable bonds is 5. The predicted octanol–water partition coefficient (Wildman–Crippen LogP) is -1.42. The van der Waals surface area contributed by atoms with Crippen molar-refractivity contribution < 1.29 is 17.9 Å². The van der Waals surface area contributed by atoms with Gasteiger partial charge in [-0.15, -0.1) is 0 Å². The van der Waals surface area contributed by atoms with Crippen LogP contribution in [-0.4, -0.2) is 57.9 Å². The summed E-state index contributed by atoms with van der Waals surface area (Å²) in [6.45, 7) is 2.53. The second kappa shape index (κ2) is 6.56. The van der Waals surface area contributed by atoms with Gasteiger partial charge < -0.3 is 20.7 Å². The maximum Gasteiger partial charge on any atom is 0.265 e. The molecular weight excluding hydrogens is 318 g/mol. The van der Waals surface area contributed by atoms with Gasteiger partial charge in [-0.2, -0.15) is 0 Å². The number of morpholine rings is 1. The number of amides is 1. The first kappa shape index (κ1) is 15.9. The van der Waals surface area contributed by atoms with Gasteiger partial charge >= 0.3 is 0 Å². The summed E-state index contributed by atoms with van der Waals surface area (Å²) in [6, 6.07) is 0. The Bertz CT molecular complexity index is 609. The Kier molecular flexibility index (Phi) is 4.98. The molecule has 1 aliphatic rings. The molecule has 1 aromatic rings. The van der Waals surface area contributed by atoms with Gasteiger partial charge in [-0.1, -0.05) is 11.3 Å². The van der Waals surface area contributed by atoms with Gasteiger partial charge in [0.2, 0.25) is 10.0 Å². The van der Waals surface area contributed by atoms with Crippen molar-refractivity contribution in [3.63, 3.8) is 0 Å². The number of nitrogen functional groups attached to an aromatic ring is 1. The fourth-order valence-electron chi connectivity index (χ4n) is 1.76. The Balaban J connectivity index is 1.99. The molecule has 11 heteroatoms. The number of primary sulfonamides is 1. The van der Waals surface area contributed by atoms with Crippen LogP contribution in [0.5, 0.6) is 0 Å². The Morgan fingerprint density at radius 3 is 2.71 bits per heavy atom. The molecule has 1 fully saturated rings. The van der Waals surface area contributed by atoms with Crippen molar-refractivity contribution in [3.05, 3.63) is 4.88 Å². The van der Waals surface area contributed by atoms with Crippen LogP contribution < -0.4 is 21.1 Å². The molecule has 0 atom stereocenters. The number of nitrogens with zero attached hydrogens (tertiary/aromatic N) is 2. The van der Waals surface area contributed by atoms with Crippen LogP contribution in [0.3, 0.4) is 0 Å². The lowest BCUT2D eigenvalue weighted by Gasteiger charge is -2.25. The molecule has 1 amide bonds. The molecule has 2 rings (SSSR count). The number of carbonyl (C=O) groups is 1. The van der Waals surface area contributed by atoms with Gasteiger partial charge in [0, 0.05) is 19.6 Å². The number of nitrogens with one attached hydrogen (secondary N) is 1. The van der Waals surface area contributed by atoms with Crippen LogP contribution in [0, 0.1) is 0 Å². The number of nitrogens with two attached hydrogens (primary N) is 2. The molecule has 118 valence electrons. The van der Waals surface area contributed by atoms with Gasteiger partial charge in [-0.25, -0.2) is 18.5 Å². The molecule has 0 bridgehead atoms. The molecular formula is C10H17N5O4S2. The zero-order chi connectivity index (χ0) is 15.5. The average Bonchev–Trinajstić information content (AvgIpc) is 2.80. The van der Waals surface area contributed by atoms with E-state index in [-0.39, 0.29) is 23.0 Å². The third-order valence-electron chi connectivity index (χ3n) is 2.80. The summed E-state index contributed by atoms with van der Waals surface area (Å²) >= 11 is 1.17. The number of hydrogen-bond acceptors (Lipinski definition) is 8. The van der Waals surface area contributed by atoms with E-state index in [1.807, 2.05) is 4.90 Å². The Labute approximate surface area is 126 Å². The first-order valence-electron chi connectivity index (χ1n) is 6.24. The summed E-state index contributed by atoms with van der Waals surface area (Å²) in [5.41, 5.74) is 5.74. The molecule has 1 aromatic heterocycles. The van der Waals surface area contributed by atoms with E-state index in [0.717, 1.165) is 0 Å². The Hall–Kier alpha value is -1.43. The van der Waals surface area contributed by atoms with Crippen LogP contribution in [0.2, 0.25) is 0 Å². The SMILES string of the molecule is Nc1nc(N2CCOCC2)sc1C(=O)NCCS(N)(=O)=O. The molecule has 5 N–H and O–H groups in total. The Morgan fingerprint density at radius 1 is 1.43 bits per heavy atom. The summed E-state index contributed by atoms with van der Waals surface area (Å²) in [6.07, 6.45) is 0. The molecule has 0 aromatic carbocycles. The third-order valence-corrected chi connectivity index (χ3v) is 4.71. The molecule has 2 heterocycles. The summed E-state index contributed by atoms with van der Waals surface area (Å²) in [5.74, 6) is -0.643. The highest BCUT2D eigenvalue weighted by molar-refractivity contribution is 7.89. The van der Waals surface area contributed by atoms with Crippen molar-refractivity contribution in [2.75, 3.05) is 49.2 Å². The van der Waals surface area contributed by atoms with E-state index < -0.39 is 15.9 Å². The normalized spacial score (nSPS) is 16.0. The molecule has 0 aliphatic carbocycles. The van der Waals surface area contributed by atoms with Gasteiger partial charge in [0.25, 0.3) is 5.91 Å². The van der Waals surface area contributed by atoms with Crippen LogP contribution in [0.15, 0.2) is 0 Å². The highest BCUT2D eigenvalue weighted by Gasteiger charge is 2.21. The molecule has 0 saturated carbocycles.